The fraction of sp³-hybridized carbons (Fsp3) is 0.556. The van der Waals surface area contributed by atoms with Crippen molar-refractivity contribution in [2.45, 2.75) is 32.6 Å². The quantitative estimate of drug-likeness (QED) is 0.876. The average molecular weight is 317 g/mol. The van der Waals surface area contributed by atoms with Gasteiger partial charge in [-0.05, 0) is 25.8 Å². The van der Waals surface area contributed by atoms with Gasteiger partial charge in [0.1, 0.15) is 0 Å². The van der Waals surface area contributed by atoms with Gasteiger partial charge in [0.2, 0.25) is 5.91 Å². The van der Waals surface area contributed by atoms with Crippen LogP contribution in [0, 0.1) is 0 Å². The summed E-state index contributed by atoms with van der Waals surface area (Å²) < 4.78 is 0. The Labute approximate surface area is 138 Å². The number of rotatable bonds is 6. The summed E-state index contributed by atoms with van der Waals surface area (Å²) in [6, 6.07) is 10.3. The lowest BCUT2D eigenvalue weighted by Crippen LogP contribution is -2.40. The van der Waals surface area contributed by atoms with E-state index in [-0.39, 0.29) is 11.9 Å². The van der Waals surface area contributed by atoms with E-state index in [1.165, 1.54) is 5.56 Å². The first-order chi connectivity index (χ1) is 11.2. The van der Waals surface area contributed by atoms with E-state index >= 15 is 0 Å². The standard InChI is InChI=1S/C18H27N3O2/c1-3-20(4-2)17(22)10-12-19-18(23)21-13-11-16(14-21)15-8-6-5-7-9-15/h5-9,16H,3-4,10-14H2,1-2H3,(H,19,23)/t16-/m1/s1. The molecule has 1 atom stereocenters. The lowest BCUT2D eigenvalue weighted by molar-refractivity contribution is -0.130. The summed E-state index contributed by atoms with van der Waals surface area (Å²) in [6.45, 7) is 7.29. The molecular weight excluding hydrogens is 290 g/mol. The molecule has 126 valence electrons. The number of hydrogen-bond acceptors (Lipinski definition) is 2. The fourth-order valence-electron chi connectivity index (χ4n) is 3.06. The lowest BCUT2D eigenvalue weighted by atomic mass is 9.99. The third-order valence-corrected chi connectivity index (χ3v) is 4.48. The van der Waals surface area contributed by atoms with Gasteiger partial charge >= 0.3 is 6.03 Å². The summed E-state index contributed by atoms with van der Waals surface area (Å²) in [5, 5.41) is 2.87. The number of benzene rings is 1. The number of hydrogen-bond donors (Lipinski definition) is 1. The van der Waals surface area contributed by atoms with Crippen LogP contribution in [0.1, 0.15) is 38.2 Å². The van der Waals surface area contributed by atoms with Crippen LogP contribution >= 0.6 is 0 Å². The smallest absolute Gasteiger partial charge is 0.317 e. The molecular formula is C18H27N3O2. The first kappa shape index (κ1) is 17.3. The van der Waals surface area contributed by atoms with Crippen molar-refractivity contribution < 1.29 is 9.59 Å². The molecule has 0 unspecified atom stereocenters. The van der Waals surface area contributed by atoms with Crippen molar-refractivity contribution in [1.82, 2.24) is 15.1 Å². The SMILES string of the molecule is CCN(CC)C(=O)CCNC(=O)N1CC[C@@H](c2ccccc2)C1. The van der Waals surface area contributed by atoms with Crippen molar-refractivity contribution in [3.05, 3.63) is 35.9 Å². The molecule has 1 N–H and O–H groups in total. The molecule has 1 aromatic carbocycles. The minimum absolute atomic E-state index is 0.0595. The van der Waals surface area contributed by atoms with Gasteiger partial charge in [-0.25, -0.2) is 4.79 Å². The Balaban J connectivity index is 1.74. The zero-order valence-corrected chi connectivity index (χ0v) is 14.1. The largest absolute Gasteiger partial charge is 0.343 e. The van der Waals surface area contributed by atoms with Gasteiger partial charge in [0.15, 0.2) is 0 Å². The Kier molecular flexibility index (Phi) is 6.44. The van der Waals surface area contributed by atoms with Crippen LogP contribution in [0.2, 0.25) is 0 Å². The van der Waals surface area contributed by atoms with Crippen LogP contribution in [0.3, 0.4) is 0 Å². The molecule has 1 heterocycles. The second-order valence-electron chi connectivity index (χ2n) is 5.89. The van der Waals surface area contributed by atoms with E-state index in [0.717, 1.165) is 19.5 Å². The van der Waals surface area contributed by atoms with Crippen LogP contribution in [-0.2, 0) is 4.79 Å². The third kappa shape index (κ3) is 4.71. The van der Waals surface area contributed by atoms with Crippen molar-refractivity contribution >= 4 is 11.9 Å². The molecule has 0 saturated carbocycles. The second kappa shape index (κ2) is 8.56. The minimum Gasteiger partial charge on any atom is -0.343 e. The molecule has 1 fully saturated rings. The van der Waals surface area contributed by atoms with Gasteiger partial charge in [-0.2, -0.15) is 0 Å². The zero-order chi connectivity index (χ0) is 16.7. The maximum atomic E-state index is 12.2. The lowest BCUT2D eigenvalue weighted by Gasteiger charge is -2.20. The van der Waals surface area contributed by atoms with E-state index in [1.807, 2.05) is 36.9 Å². The minimum atomic E-state index is -0.0595. The highest BCUT2D eigenvalue weighted by atomic mass is 16.2. The molecule has 0 aromatic heterocycles. The van der Waals surface area contributed by atoms with E-state index in [4.69, 9.17) is 0 Å². The molecule has 0 spiro atoms. The highest BCUT2D eigenvalue weighted by molar-refractivity contribution is 5.78. The van der Waals surface area contributed by atoms with Gasteiger partial charge < -0.3 is 15.1 Å². The molecule has 23 heavy (non-hydrogen) atoms. The first-order valence-corrected chi connectivity index (χ1v) is 8.51. The van der Waals surface area contributed by atoms with Crippen molar-refractivity contribution in [3.8, 4) is 0 Å². The van der Waals surface area contributed by atoms with E-state index < -0.39 is 0 Å². The van der Waals surface area contributed by atoms with Crippen LogP contribution in [0.5, 0.6) is 0 Å². The highest BCUT2D eigenvalue weighted by Gasteiger charge is 2.27. The molecule has 5 heteroatoms. The summed E-state index contributed by atoms with van der Waals surface area (Å²) in [5.41, 5.74) is 1.29. The number of amides is 3. The van der Waals surface area contributed by atoms with Gasteiger partial charge in [-0.3, -0.25) is 4.79 Å². The molecule has 2 rings (SSSR count). The van der Waals surface area contributed by atoms with E-state index in [1.54, 1.807) is 4.90 Å². The molecule has 0 radical (unpaired) electrons. The molecule has 0 bridgehead atoms. The van der Waals surface area contributed by atoms with Crippen molar-refractivity contribution in [1.29, 1.82) is 0 Å². The van der Waals surface area contributed by atoms with Gasteiger partial charge in [-0.1, -0.05) is 30.3 Å². The van der Waals surface area contributed by atoms with Crippen molar-refractivity contribution in [3.63, 3.8) is 0 Å². The Bertz CT molecular complexity index is 514. The summed E-state index contributed by atoms with van der Waals surface area (Å²) in [7, 11) is 0. The number of carbonyl (C=O) groups excluding carboxylic acids is 2. The summed E-state index contributed by atoms with van der Waals surface area (Å²) in [6.07, 6.45) is 1.36. The van der Waals surface area contributed by atoms with E-state index in [0.29, 0.717) is 32.0 Å². The second-order valence-corrected chi connectivity index (χ2v) is 5.89. The number of nitrogens with one attached hydrogen (secondary N) is 1. The van der Waals surface area contributed by atoms with Crippen LogP contribution in [0.15, 0.2) is 30.3 Å². The Morgan fingerprint density at radius 2 is 1.91 bits per heavy atom. The first-order valence-electron chi connectivity index (χ1n) is 8.51. The predicted octanol–water partition coefficient (Wildman–Crippen LogP) is 2.44. The van der Waals surface area contributed by atoms with E-state index in [2.05, 4.69) is 17.4 Å². The molecule has 1 aliphatic heterocycles. The number of carbonyl (C=O) groups is 2. The molecule has 0 aliphatic carbocycles. The normalized spacial score (nSPS) is 17.1. The van der Waals surface area contributed by atoms with Crippen LogP contribution in [0.25, 0.3) is 0 Å². The topological polar surface area (TPSA) is 52.7 Å². The summed E-state index contributed by atoms with van der Waals surface area (Å²) in [5.74, 6) is 0.512. The Morgan fingerprint density at radius 1 is 1.22 bits per heavy atom. The monoisotopic (exact) mass is 317 g/mol. The fourth-order valence-corrected chi connectivity index (χ4v) is 3.06. The van der Waals surface area contributed by atoms with Crippen LogP contribution < -0.4 is 5.32 Å². The van der Waals surface area contributed by atoms with Gasteiger partial charge in [0, 0.05) is 45.1 Å². The van der Waals surface area contributed by atoms with Crippen molar-refractivity contribution in [2.75, 3.05) is 32.7 Å². The Hall–Kier alpha value is -2.04. The molecule has 1 saturated heterocycles. The van der Waals surface area contributed by atoms with Crippen LogP contribution in [-0.4, -0.2) is 54.5 Å². The predicted molar refractivity (Wildman–Crippen MR) is 91.3 cm³/mol. The van der Waals surface area contributed by atoms with E-state index in [9.17, 15) is 9.59 Å². The zero-order valence-electron chi connectivity index (χ0n) is 14.1. The van der Waals surface area contributed by atoms with Gasteiger partial charge in [0.05, 0.1) is 0 Å². The van der Waals surface area contributed by atoms with Gasteiger partial charge in [-0.15, -0.1) is 0 Å². The molecule has 3 amide bonds. The van der Waals surface area contributed by atoms with Gasteiger partial charge in [0.25, 0.3) is 0 Å². The molecule has 1 aliphatic rings. The maximum absolute atomic E-state index is 12.2. The molecule has 1 aromatic rings. The highest BCUT2D eigenvalue weighted by Crippen LogP contribution is 2.26. The van der Waals surface area contributed by atoms with Crippen molar-refractivity contribution in [2.24, 2.45) is 0 Å². The third-order valence-electron chi connectivity index (χ3n) is 4.48. The number of nitrogens with zero attached hydrogens (tertiary/aromatic N) is 2. The summed E-state index contributed by atoms with van der Waals surface area (Å²) in [4.78, 5) is 27.7. The molecule has 5 nitrogen and oxygen atoms in total. The number of likely N-dealkylation sites (tertiary alicyclic amines) is 1. The number of urea groups is 1. The maximum Gasteiger partial charge on any atom is 0.317 e. The summed E-state index contributed by atoms with van der Waals surface area (Å²) >= 11 is 0. The Morgan fingerprint density at radius 3 is 2.57 bits per heavy atom. The van der Waals surface area contributed by atoms with Crippen LogP contribution in [0.4, 0.5) is 4.79 Å². The average Bonchev–Trinajstić information content (AvgIpc) is 3.07.